The summed E-state index contributed by atoms with van der Waals surface area (Å²) in [6.45, 7) is 4.01. The molecule has 1 fully saturated rings. The molecule has 1 saturated heterocycles. The average Bonchev–Trinajstić information content (AvgIpc) is 2.80. The van der Waals surface area contributed by atoms with E-state index in [0.717, 1.165) is 25.1 Å². The van der Waals surface area contributed by atoms with E-state index in [4.69, 9.17) is 4.74 Å². The summed E-state index contributed by atoms with van der Waals surface area (Å²) in [7, 11) is 2.11. The lowest BCUT2D eigenvalue weighted by Gasteiger charge is -2.27. The molecule has 0 saturated carbocycles. The Morgan fingerprint density at radius 2 is 2.35 bits per heavy atom. The van der Waals surface area contributed by atoms with Gasteiger partial charge >= 0.3 is 0 Å². The monoisotopic (exact) mass is 235 g/mol. The van der Waals surface area contributed by atoms with E-state index in [9.17, 15) is 5.11 Å². The zero-order chi connectivity index (χ0) is 12.3. The minimum absolute atomic E-state index is 0.297. The predicted octanol–water partition coefficient (Wildman–Crippen LogP) is 2.56. The molecule has 2 atom stereocenters. The van der Waals surface area contributed by atoms with Crippen LogP contribution in [0.1, 0.15) is 31.4 Å². The first-order chi connectivity index (χ1) is 8.16. The summed E-state index contributed by atoms with van der Waals surface area (Å²) in [5, 5.41) is 9.48. The molecule has 0 amide bonds. The fourth-order valence-corrected chi connectivity index (χ4v) is 2.31. The maximum Gasteiger partial charge on any atom is 0.115 e. The highest BCUT2D eigenvalue weighted by molar-refractivity contribution is 5.29. The fourth-order valence-electron chi connectivity index (χ4n) is 2.31. The molecule has 3 heteroatoms. The van der Waals surface area contributed by atoms with Gasteiger partial charge in [0.25, 0.3) is 0 Å². The second-order valence-electron chi connectivity index (χ2n) is 4.85. The molecule has 1 N–H and O–H groups in total. The zero-order valence-corrected chi connectivity index (χ0v) is 10.6. The standard InChI is InChI=1S/C14H21NO2/c1-11(12-5-3-6-13(16)9-12)15(2)10-14-7-4-8-17-14/h3,5-6,9,11,14,16H,4,7-8,10H2,1-2H3. The molecule has 1 aromatic rings. The lowest BCUT2D eigenvalue weighted by Crippen LogP contribution is -2.31. The van der Waals surface area contributed by atoms with Gasteiger partial charge in [0.05, 0.1) is 6.10 Å². The first kappa shape index (κ1) is 12.4. The van der Waals surface area contributed by atoms with Crippen molar-refractivity contribution in [1.82, 2.24) is 4.90 Å². The number of aromatic hydroxyl groups is 1. The van der Waals surface area contributed by atoms with Crippen LogP contribution in [-0.2, 0) is 4.74 Å². The zero-order valence-electron chi connectivity index (χ0n) is 10.6. The summed E-state index contributed by atoms with van der Waals surface area (Å²) >= 11 is 0. The maximum atomic E-state index is 9.48. The van der Waals surface area contributed by atoms with Crippen LogP contribution in [0.25, 0.3) is 0 Å². The quantitative estimate of drug-likeness (QED) is 0.870. The Morgan fingerprint density at radius 3 is 3.00 bits per heavy atom. The van der Waals surface area contributed by atoms with Gasteiger partial charge in [0, 0.05) is 19.2 Å². The number of phenolic OH excluding ortho intramolecular Hbond substituents is 1. The third-order valence-electron chi connectivity index (χ3n) is 3.53. The summed E-state index contributed by atoms with van der Waals surface area (Å²) in [6, 6.07) is 7.77. The topological polar surface area (TPSA) is 32.7 Å². The van der Waals surface area contributed by atoms with Gasteiger partial charge in [0.15, 0.2) is 0 Å². The third kappa shape index (κ3) is 3.20. The summed E-state index contributed by atoms with van der Waals surface area (Å²) in [5.41, 5.74) is 1.14. The lowest BCUT2D eigenvalue weighted by molar-refractivity contribution is 0.0703. The van der Waals surface area contributed by atoms with Gasteiger partial charge < -0.3 is 9.84 Å². The van der Waals surface area contributed by atoms with Crippen molar-refractivity contribution in [2.75, 3.05) is 20.2 Å². The highest BCUT2D eigenvalue weighted by Crippen LogP contribution is 2.24. The van der Waals surface area contributed by atoms with Crippen molar-refractivity contribution in [3.63, 3.8) is 0 Å². The molecule has 1 aliphatic rings. The van der Waals surface area contributed by atoms with Gasteiger partial charge in [-0.2, -0.15) is 0 Å². The minimum Gasteiger partial charge on any atom is -0.508 e. The normalized spacial score (nSPS) is 21.9. The van der Waals surface area contributed by atoms with Crippen molar-refractivity contribution in [3.05, 3.63) is 29.8 Å². The van der Waals surface area contributed by atoms with Crippen LogP contribution in [0.2, 0.25) is 0 Å². The Morgan fingerprint density at radius 1 is 1.53 bits per heavy atom. The Bertz CT molecular complexity index is 361. The van der Waals surface area contributed by atoms with Gasteiger partial charge in [0.2, 0.25) is 0 Å². The largest absolute Gasteiger partial charge is 0.508 e. The fraction of sp³-hybridized carbons (Fsp3) is 0.571. The Balaban J connectivity index is 1.96. The van der Waals surface area contributed by atoms with Gasteiger partial charge in [-0.15, -0.1) is 0 Å². The number of nitrogens with zero attached hydrogens (tertiary/aromatic N) is 1. The van der Waals surface area contributed by atoms with Crippen molar-refractivity contribution in [1.29, 1.82) is 0 Å². The van der Waals surface area contributed by atoms with Crippen molar-refractivity contribution in [3.8, 4) is 5.75 Å². The van der Waals surface area contributed by atoms with Crippen LogP contribution in [0.3, 0.4) is 0 Å². The second-order valence-corrected chi connectivity index (χ2v) is 4.85. The number of benzene rings is 1. The molecule has 0 spiro atoms. The molecule has 3 nitrogen and oxygen atoms in total. The van der Waals surface area contributed by atoms with E-state index < -0.39 is 0 Å². The highest BCUT2D eigenvalue weighted by Gasteiger charge is 2.20. The summed E-state index contributed by atoms with van der Waals surface area (Å²) in [6.07, 6.45) is 2.72. The molecule has 1 aliphatic heterocycles. The van der Waals surface area contributed by atoms with E-state index in [2.05, 4.69) is 24.9 Å². The number of rotatable bonds is 4. The number of ether oxygens (including phenoxy) is 1. The van der Waals surface area contributed by atoms with E-state index in [1.807, 2.05) is 12.1 Å². The summed E-state index contributed by atoms with van der Waals surface area (Å²) < 4.78 is 5.64. The van der Waals surface area contributed by atoms with Gasteiger partial charge in [-0.3, -0.25) is 4.90 Å². The SMILES string of the molecule is CC(c1cccc(O)c1)N(C)CC1CCCO1. The second kappa shape index (κ2) is 5.52. The van der Waals surface area contributed by atoms with Gasteiger partial charge in [-0.1, -0.05) is 12.1 Å². The van der Waals surface area contributed by atoms with Gasteiger partial charge in [-0.25, -0.2) is 0 Å². The van der Waals surface area contributed by atoms with Crippen LogP contribution in [0.5, 0.6) is 5.75 Å². The van der Waals surface area contributed by atoms with Crippen LogP contribution in [-0.4, -0.2) is 36.3 Å². The van der Waals surface area contributed by atoms with Crippen molar-refractivity contribution in [2.24, 2.45) is 0 Å². The number of phenols is 1. The number of hydrogen-bond donors (Lipinski definition) is 1. The maximum absolute atomic E-state index is 9.48. The first-order valence-electron chi connectivity index (χ1n) is 6.27. The molecule has 2 unspecified atom stereocenters. The molecule has 0 radical (unpaired) electrons. The third-order valence-corrected chi connectivity index (χ3v) is 3.53. The molecule has 1 aromatic carbocycles. The molecule has 0 bridgehead atoms. The van der Waals surface area contributed by atoms with Crippen LogP contribution < -0.4 is 0 Å². The van der Waals surface area contributed by atoms with E-state index in [0.29, 0.717) is 17.9 Å². The van der Waals surface area contributed by atoms with Crippen molar-refractivity contribution >= 4 is 0 Å². The molecule has 94 valence electrons. The molecular formula is C14H21NO2. The van der Waals surface area contributed by atoms with Crippen LogP contribution in [0.15, 0.2) is 24.3 Å². The van der Waals surface area contributed by atoms with Crippen molar-refractivity contribution in [2.45, 2.75) is 31.9 Å². The first-order valence-corrected chi connectivity index (χ1v) is 6.27. The van der Waals surface area contributed by atoms with E-state index in [-0.39, 0.29) is 0 Å². The van der Waals surface area contributed by atoms with Crippen LogP contribution >= 0.6 is 0 Å². The minimum atomic E-state index is 0.297. The number of hydrogen-bond acceptors (Lipinski definition) is 3. The molecular weight excluding hydrogens is 214 g/mol. The van der Waals surface area contributed by atoms with E-state index >= 15 is 0 Å². The van der Waals surface area contributed by atoms with Crippen LogP contribution in [0, 0.1) is 0 Å². The summed E-state index contributed by atoms with van der Waals surface area (Å²) in [5.74, 6) is 0.333. The van der Waals surface area contributed by atoms with E-state index in [1.165, 1.54) is 6.42 Å². The molecule has 0 aromatic heterocycles. The predicted molar refractivity (Wildman–Crippen MR) is 68.1 cm³/mol. The van der Waals surface area contributed by atoms with Gasteiger partial charge in [0.1, 0.15) is 5.75 Å². The Labute approximate surface area is 103 Å². The average molecular weight is 235 g/mol. The Kier molecular flexibility index (Phi) is 4.02. The molecule has 1 heterocycles. The van der Waals surface area contributed by atoms with Gasteiger partial charge in [-0.05, 0) is 44.5 Å². The molecule has 0 aliphatic carbocycles. The Hall–Kier alpha value is -1.06. The smallest absolute Gasteiger partial charge is 0.115 e. The number of likely N-dealkylation sites (N-methyl/N-ethyl adjacent to an activating group) is 1. The van der Waals surface area contributed by atoms with Crippen molar-refractivity contribution < 1.29 is 9.84 Å². The lowest BCUT2D eigenvalue weighted by atomic mass is 10.1. The van der Waals surface area contributed by atoms with Crippen LogP contribution in [0.4, 0.5) is 0 Å². The van der Waals surface area contributed by atoms with E-state index in [1.54, 1.807) is 6.07 Å². The molecule has 2 rings (SSSR count). The summed E-state index contributed by atoms with van der Waals surface area (Å²) in [4.78, 5) is 2.28. The molecule has 17 heavy (non-hydrogen) atoms. The highest BCUT2D eigenvalue weighted by atomic mass is 16.5.